The number of rotatable bonds is 4. The van der Waals surface area contributed by atoms with Crippen molar-refractivity contribution >= 4 is 23.3 Å². The third kappa shape index (κ3) is 5.20. The molecular formula is C15H12F3N3O3. The molecule has 2 rings (SSSR count). The lowest BCUT2D eigenvalue weighted by Gasteiger charge is -2.10. The summed E-state index contributed by atoms with van der Waals surface area (Å²) in [5.74, 6) is -0.962. The van der Waals surface area contributed by atoms with Crippen LogP contribution in [0.4, 0.5) is 29.3 Å². The number of carbonyl (C=O) groups is 2. The van der Waals surface area contributed by atoms with Crippen molar-refractivity contribution in [2.45, 2.75) is 6.36 Å². The van der Waals surface area contributed by atoms with Gasteiger partial charge in [-0.3, -0.25) is 4.79 Å². The fraction of sp³-hybridized carbons (Fsp3) is 0.0667. The quantitative estimate of drug-likeness (QED) is 0.797. The van der Waals surface area contributed by atoms with Crippen LogP contribution in [0.15, 0.2) is 48.5 Å². The minimum atomic E-state index is -4.79. The summed E-state index contributed by atoms with van der Waals surface area (Å²) in [5.41, 5.74) is 5.89. The lowest BCUT2D eigenvalue weighted by Crippen LogP contribution is -2.19. The Morgan fingerprint density at radius 2 is 1.54 bits per heavy atom. The van der Waals surface area contributed by atoms with Crippen molar-refractivity contribution in [3.8, 4) is 5.75 Å². The Labute approximate surface area is 134 Å². The van der Waals surface area contributed by atoms with Gasteiger partial charge in [-0.15, -0.1) is 13.2 Å². The van der Waals surface area contributed by atoms with Crippen LogP contribution in [0.3, 0.4) is 0 Å². The highest BCUT2D eigenvalue weighted by atomic mass is 19.4. The van der Waals surface area contributed by atoms with E-state index in [4.69, 9.17) is 5.73 Å². The van der Waals surface area contributed by atoms with Gasteiger partial charge < -0.3 is 21.1 Å². The highest BCUT2D eigenvalue weighted by Gasteiger charge is 2.31. The van der Waals surface area contributed by atoms with E-state index in [9.17, 15) is 22.8 Å². The third-order valence-corrected chi connectivity index (χ3v) is 2.74. The molecule has 2 aromatic rings. The molecule has 0 aliphatic carbocycles. The predicted octanol–water partition coefficient (Wildman–Crippen LogP) is 3.33. The molecule has 0 aliphatic rings. The Bertz CT molecular complexity index is 746. The molecule has 0 saturated heterocycles. The number of anilines is 2. The number of primary amides is 1. The van der Waals surface area contributed by atoms with E-state index in [1.165, 1.54) is 18.2 Å². The maximum Gasteiger partial charge on any atom is 0.573 e. The smallest absolute Gasteiger partial charge is 0.406 e. The normalized spacial score (nSPS) is 10.8. The van der Waals surface area contributed by atoms with Gasteiger partial charge in [0.1, 0.15) is 5.75 Å². The molecule has 6 nitrogen and oxygen atoms in total. The Kier molecular flexibility index (Phi) is 4.93. The molecule has 24 heavy (non-hydrogen) atoms. The van der Waals surface area contributed by atoms with Gasteiger partial charge in [-0.25, -0.2) is 4.79 Å². The minimum Gasteiger partial charge on any atom is -0.406 e. The molecule has 0 bridgehead atoms. The number of halogens is 3. The molecule has 126 valence electrons. The molecule has 0 unspecified atom stereocenters. The van der Waals surface area contributed by atoms with Crippen LogP contribution in [-0.2, 0) is 0 Å². The van der Waals surface area contributed by atoms with E-state index in [2.05, 4.69) is 15.4 Å². The van der Waals surface area contributed by atoms with Crippen LogP contribution in [0, 0.1) is 0 Å². The van der Waals surface area contributed by atoms with Gasteiger partial charge >= 0.3 is 12.4 Å². The van der Waals surface area contributed by atoms with E-state index in [-0.39, 0.29) is 5.56 Å². The van der Waals surface area contributed by atoms with Crippen LogP contribution in [0.2, 0.25) is 0 Å². The van der Waals surface area contributed by atoms with E-state index < -0.39 is 24.1 Å². The van der Waals surface area contributed by atoms with Crippen LogP contribution in [0.25, 0.3) is 0 Å². The van der Waals surface area contributed by atoms with E-state index in [0.29, 0.717) is 11.4 Å². The molecule has 0 atom stereocenters. The zero-order chi connectivity index (χ0) is 17.7. The first-order chi connectivity index (χ1) is 11.2. The SMILES string of the molecule is NC(=O)Nc1cccc(NC(=O)c2ccc(OC(F)(F)F)cc2)c1. The predicted molar refractivity (Wildman–Crippen MR) is 80.7 cm³/mol. The first kappa shape index (κ1) is 17.1. The van der Waals surface area contributed by atoms with E-state index in [1.54, 1.807) is 18.2 Å². The molecule has 0 fully saturated rings. The second-order valence-corrected chi connectivity index (χ2v) is 4.60. The van der Waals surface area contributed by atoms with Gasteiger partial charge in [0, 0.05) is 16.9 Å². The zero-order valence-electron chi connectivity index (χ0n) is 12.1. The lowest BCUT2D eigenvalue weighted by molar-refractivity contribution is -0.274. The largest absolute Gasteiger partial charge is 0.573 e. The summed E-state index contributed by atoms with van der Waals surface area (Å²) >= 11 is 0. The van der Waals surface area contributed by atoms with Gasteiger partial charge in [0.25, 0.3) is 5.91 Å². The summed E-state index contributed by atoms with van der Waals surface area (Å²) in [6.07, 6.45) is -4.79. The van der Waals surface area contributed by atoms with Crippen LogP contribution < -0.4 is 21.1 Å². The first-order valence-electron chi connectivity index (χ1n) is 6.56. The Balaban J connectivity index is 2.06. The maximum absolute atomic E-state index is 12.1. The second-order valence-electron chi connectivity index (χ2n) is 4.60. The minimum absolute atomic E-state index is 0.137. The van der Waals surface area contributed by atoms with Gasteiger partial charge in [-0.1, -0.05) is 6.07 Å². The summed E-state index contributed by atoms with van der Waals surface area (Å²) in [7, 11) is 0. The fourth-order valence-corrected chi connectivity index (χ4v) is 1.83. The zero-order valence-corrected chi connectivity index (χ0v) is 12.1. The second kappa shape index (κ2) is 6.90. The first-order valence-corrected chi connectivity index (χ1v) is 6.56. The summed E-state index contributed by atoms with van der Waals surface area (Å²) in [6.45, 7) is 0. The number of ether oxygens (including phenoxy) is 1. The average Bonchev–Trinajstić information content (AvgIpc) is 2.46. The van der Waals surface area contributed by atoms with E-state index in [0.717, 1.165) is 12.1 Å². The molecule has 0 radical (unpaired) electrons. The molecule has 0 heterocycles. The van der Waals surface area contributed by atoms with Crippen molar-refractivity contribution in [1.82, 2.24) is 0 Å². The van der Waals surface area contributed by atoms with Crippen LogP contribution >= 0.6 is 0 Å². The van der Waals surface area contributed by atoms with Crippen molar-refractivity contribution in [3.63, 3.8) is 0 Å². The number of nitrogens with two attached hydrogens (primary N) is 1. The standard InChI is InChI=1S/C15H12F3N3O3/c16-15(17,18)24-12-6-4-9(5-7-12)13(22)20-10-2-1-3-11(8-10)21-14(19)23/h1-8H,(H,20,22)(H3,19,21,23). The number of hydrogen-bond acceptors (Lipinski definition) is 3. The van der Waals surface area contributed by atoms with Crippen molar-refractivity contribution in [2.24, 2.45) is 5.73 Å². The van der Waals surface area contributed by atoms with Crippen LogP contribution in [0.1, 0.15) is 10.4 Å². The van der Waals surface area contributed by atoms with E-state index >= 15 is 0 Å². The Hall–Kier alpha value is -3.23. The van der Waals surface area contributed by atoms with Gasteiger partial charge in [0.2, 0.25) is 0 Å². The lowest BCUT2D eigenvalue weighted by atomic mass is 10.2. The molecule has 9 heteroatoms. The monoisotopic (exact) mass is 339 g/mol. The van der Waals surface area contributed by atoms with Gasteiger partial charge in [0.05, 0.1) is 0 Å². The summed E-state index contributed by atoms with van der Waals surface area (Å²) in [5, 5.41) is 4.90. The number of nitrogens with one attached hydrogen (secondary N) is 2. The van der Waals surface area contributed by atoms with Crippen molar-refractivity contribution in [2.75, 3.05) is 10.6 Å². The molecule has 2 aromatic carbocycles. The molecule has 0 spiro atoms. The summed E-state index contributed by atoms with van der Waals surface area (Å²) in [4.78, 5) is 22.8. The highest BCUT2D eigenvalue weighted by molar-refractivity contribution is 6.04. The van der Waals surface area contributed by atoms with Gasteiger partial charge in [-0.05, 0) is 42.5 Å². The summed E-state index contributed by atoms with van der Waals surface area (Å²) < 4.78 is 40.0. The van der Waals surface area contributed by atoms with Crippen molar-refractivity contribution in [1.29, 1.82) is 0 Å². The average molecular weight is 339 g/mol. The van der Waals surface area contributed by atoms with Crippen LogP contribution in [0.5, 0.6) is 5.75 Å². The number of amides is 3. The van der Waals surface area contributed by atoms with Crippen LogP contribution in [-0.4, -0.2) is 18.3 Å². The maximum atomic E-state index is 12.1. The van der Waals surface area contributed by atoms with Gasteiger partial charge in [0.15, 0.2) is 0 Å². The molecule has 0 aromatic heterocycles. The molecular weight excluding hydrogens is 327 g/mol. The number of alkyl halides is 3. The molecule has 0 saturated carbocycles. The highest BCUT2D eigenvalue weighted by Crippen LogP contribution is 2.23. The van der Waals surface area contributed by atoms with Crippen molar-refractivity contribution < 1.29 is 27.5 Å². The Morgan fingerprint density at radius 3 is 2.08 bits per heavy atom. The number of urea groups is 1. The fourth-order valence-electron chi connectivity index (χ4n) is 1.83. The Morgan fingerprint density at radius 1 is 0.958 bits per heavy atom. The molecule has 4 N–H and O–H groups in total. The molecule has 3 amide bonds. The topological polar surface area (TPSA) is 93.5 Å². The van der Waals surface area contributed by atoms with Gasteiger partial charge in [-0.2, -0.15) is 0 Å². The molecule has 0 aliphatic heterocycles. The third-order valence-electron chi connectivity index (χ3n) is 2.74. The van der Waals surface area contributed by atoms with Crippen molar-refractivity contribution in [3.05, 3.63) is 54.1 Å². The number of benzene rings is 2. The number of hydrogen-bond donors (Lipinski definition) is 3. The summed E-state index contributed by atoms with van der Waals surface area (Å²) in [6, 6.07) is 9.92. The number of carbonyl (C=O) groups excluding carboxylic acids is 2. The van der Waals surface area contributed by atoms with E-state index in [1.807, 2.05) is 0 Å².